The predicted octanol–water partition coefficient (Wildman–Crippen LogP) is 1.62. The molecule has 2 nitrogen and oxygen atoms in total. The molecule has 2 N–H and O–H groups in total. The molecule has 14 heavy (non-hydrogen) atoms. The summed E-state index contributed by atoms with van der Waals surface area (Å²) in [5.41, 5.74) is 0. The Kier molecular flexibility index (Phi) is 3.82. The predicted molar refractivity (Wildman–Crippen MR) is 60.4 cm³/mol. The van der Waals surface area contributed by atoms with E-state index in [1.54, 1.807) is 6.42 Å². The zero-order valence-electron chi connectivity index (χ0n) is 9.39. The van der Waals surface area contributed by atoms with Crippen LogP contribution < -0.4 is 10.6 Å². The van der Waals surface area contributed by atoms with Gasteiger partial charge in [0.25, 0.3) is 0 Å². The van der Waals surface area contributed by atoms with Gasteiger partial charge in [-0.15, -0.1) is 0 Å². The standard InChI is InChI=1S/C12H24N2/c1-2-3-13-4-5-14-9-10-6-11-8-12(11)7-10/h10-14H,2-9H2,1H3. The summed E-state index contributed by atoms with van der Waals surface area (Å²) < 4.78 is 0. The highest BCUT2D eigenvalue weighted by Gasteiger charge is 2.45. The average Bonchev–Trinajstić information content (AvgIpc) is 2.80. The van der Waals surface area contributed by atoms with Gasteiger partial charge in [0.15, 0.2) is 0 Å². The summed E-state index contributed by atoms with van der Waals surface area (Å²) in [4.78, 5) is 0. The first-order valence-electron chi connectivity index (χ1n) is 6.31. The molecule has 2 aliphatic carbocycles. The van der Waals surface area contributed by atoms with E-state index in [9.17, 15) is 0 Å². The molecule has 0 amide bonds. The molecule has 2 heteroatoms. The van der Waals surface area contributed by atoms with Crippen molar-refractivity contribution in [2.75, 3.05) is 26.2 Å². The molecule has 0 radical (unpaired) electrons. The van der Waals surface area contributed by atoms with Crippen molar-refractivity contribution in [3.05, 3.63) is 0 Å². The molecule has 0 heterocycles. The van der Waals surface area contributed by atoms with Crippen LogP contribution in [0.25, 0.3) is 0 Å². The second kappa shape index (κ2) is 5.13. The number of rotatable bonds is 7. The van der Waals surface area contributed by atoms with E-state index in [1.165, 1.54) is 25.8 Å². The Balaban J connectivity index is 1.40. The summed E-state index contributed by atoms with van der Waals surface area (Å²) in [6.07, 6.45) is 5.82. The Bertz CT molecular complexity index is 160. The maximum absolute atomic E-state index is 3.56. The van der Waals surface area contributed by atoms with Gasteiger partial charge in [0.2, 0.25) is 0 Å². The molecule has 2 fully saturated rings. The number of hydrogen-bond donors (Lipinski definition) is 2. The fourth-order valence-corrected chi connectivity index (χ4v) is 2.79. The molecule has 2 atom stereocenters. The topological polar surface area (TPSA) is 24.1 Å². The summed E-state index contributed by atoms with van der Waals surface area (Å²) in [5, 5.41) is 6.98. The van der Waals surface area contributed by atoms with Crippen LogP contribution in [0, 0.1) is 17.8 Å². The summed E-state index contributed by atoms with van der Waals surface area (Å²) in [7, 11) is 0. The molecule has 2 aliphatic rings. The third kappa shape index (κ3) is 2.96. The van der Waals surface area contributed by atoms with Crippen molar-refractivity contribution >= 4 is 0 Å². The van der Waals surface area contributed by atoms with Crippen molar-refractivity contribution in [1.29, 1.82) is 0 Å². The van der Waals surface area contributed by atoms with Crippen molar-refractivity contribution in [1.82, 2.24) is 10.6 Å². The average molecular weight is 196 g/mol. The quantitative estimate of drug-likeness (QED) is 0.605. The van der Waals surface area contributed by atoms with Gasteiger partial charge in [0.05, 0.1) is 0 Å². The number of hydrogen-bond acceptors (Lipinski definition) is 2. The monoisotopic (exact) mass is 196 g/mol. The summed E-state index contributed by atoms with van der Waals surface area (Å²) in [5.74, 6) is 3.28. The zero-order chi connectivity index (χ0) is 9.80. The Morgan fingerprint density at radius 3 is 2.36 bits per heavy atom. The highest BCUT2D eigenvalue weighted by molar-refractivity contribution is 4.96. The summed E-state index contributed by atoms with van der Waals surface area (Å²) in [6, 6.07) is 0. The van der Waals surface area contributed by atoms with Crippen molar-refractivity contribution in [2.45, 2.75) is 32.6 Å². The minimum absolute atomic E-state index is 1.00. The molecular formula is C12H24N2. The van der Waals surface area contributed by atoms with Crippen molar-refractivity contribution in [2.24, 2.45) is 17.8 Å². The fraction of sp³-hybridized carbons (Fsp3) is 1.00. The van der Waals surface area contributed by atoms with Crippen LogP contribution >= 0.6 is 0 Å². The van der Waals surface area contributed by atoms with Gasteiger partial charge < -0.3 is 10.6 Å². The van der Waals surface area contributed by atoms with Gasteiger partial charge in [-0.05, 0) is 56.5 Å². The van der Waals surface area contributed by atoms with E-state index in [-0.39, 0.29) is 0 Å². The van der Waals surface area contributed by atoms with Gasteiger partial charge in [-0.25, -0.2) is 0 Å². The normalized spacial score (nSPS) is 34.5. The molecule has 0 aromatic heterocycles. The van der Waals surface area contributed by atoms with Crippen LogP contribution in [-0.2, 0) is 0 Å². The number of fused-ring (bicyclic) bond motifs is 1. The van der Waals surface area contributed by atoms with E-state index in [2.05, 4.69) is 17.6 Å². The van der Waals surface area contributed by atoms with Gasteiger partial charge in [-0.3, -0.25) is 0 Å². The van der Waals surface area contributed by atoms with Crippen LogP contribution in [0.2, 0.25) is 0 Å². The van der Waals surface area contributed by atoms with Crippen LogP contribution in [0.5, 0.6) is 0 Å². The maximum atomic E-state index is 3.56. The maximum Gasteiger partial charge on any atom is 0.00768 e. The fourth-order valence-electron chi connectivity index (χ4n) is 2.79. The van der Waals surface area contributed by atoms with Crippen molar-refractivity contribution in [3.8, 4) is 0 Å². The Hall–Kier alpha value is -0.0800. The van der Waals surface area contributed by atoms with Gasteiger partial charge in [0.1, 0.15) is 0 Å². The van der Waals surface area contributed by atoms with E-state index in [0.717, 1.165) is 37.4 Å². The molecule has 82 valence electrons. The molecule has 0 aromatic carbocycles. The number of nitrogens with one attached hydrogen (secondary N) is 2. The van der Waals surface area contributed by atoms with Gasteiger partial charge >= 0.3 is 0 Å². The summed E-state index contributed by atoms with van der Waals surface area (Å²) in [6.45, 7) is 6.92. The third-order valence-corrected chi connectivity index (χ3v) is 3.68. The molecule has 2 rings (SSSR count). The van der Waals surface area contributed by atoms with Crippen molar-refractivity contribution < 1.29 is 0 Å². The minimum Gasteiger partial charge on any atom is -0.315 e. The van der Waals surface area contributed by atoms with Crippen LogP contribution in [0.4, 0.5) is 0 Å². The molecular weight excluding hydrogens is 172 g/mol. The van der Waals surface area contributed by atoms with E-state index in [4.69, 9.17) is 0 Å². The smallest absolute Gasteiger partial charge is 0.00768 e. The van der Waals surface area contributed by atoms with E-state index in [0.29, 0.717) is 0 Å². The molecule has 0 saturated heterocycles. The van der Waals surface area contributed by atoms with Gasteiger partial charge in [0, 0.05) is 13.1 Å². The lowest BCUT2D eigenvalue weighted by Crippen LogP contribution is -2.30. The highest BCUT2D eigenvalue weighted by Crippen LogP contribution is 2.54. The second-order valence-corrected chi connectivity index (χ2v) is 5.05. The minimum atomic E-state index is 1.00. The van der Waals surface area contributed by atoms with Crippen LogP contribution in [-0.4, -0.2) is 26.2 Å². The van der Waals surface area contributed by atoms with Crippen molar-refractivity contribution in [3.63, 3.8) is 0 Å². The molecule has 2 saturated carbocycles. The molecule has 2 unspecified atom stereocenters. The third-order valence-electron chi connectivity index (χ3n) is 3.68. The van der Waals surface area contributed by atoms with Crippen LogP contribution in [0.3, 0.4) is 0 Å². The zero-order valence-corrected chi connectivity index (χ0v) is 9.39. The van der Waals surface area contributed by atoms with Crippen LogP contribution in [0.15, 0.2) is 0 Å². The Morgan fingerprint density at radius 2 is 1.64 bits per heavy atom. The first kappa shape index (κ1) is 10.4. The molecule has 0 spiro atoms. The van der Waals surface area contributed by atoms with Gasteiger partial charge in [-0.1, -0.05) is 6.92 Å². The first-order valence-corrected chi connectivity index (χ1v) is 6.31. The molecule has 0 aromatic rings. The first-order chi connectivity index (χ1) is 6.90. The SMILES string of the molecule is CCCNCCNCC1CC2CC2C1. The highest BCUT2D eigenvalue weighted by atomic mass is 14.9. The largest absolute Gasteiger partial charge is 0.315 e. The molecule has 0 aliphatic heterocycles. The summed E-state index contributed by atoms with van der Waals surface area (Å²) >= 11 is 0. The lowest BCUT2D eigenvalue weighted by molar-refractivity contribution is 0.445. The Labute approximate surface area is 87.8 Å². The van der Waals surface area contributed by atoms with E-state index >= 15 is 0 Å². The molecule has 0 bridgehead atoms. The van der Waals surface area contributed by atoms with E-state index in [1.807, 2.05) is 0 Å². The van der Waals surface area contributed by atoms with E-state index < -0.39 is 0 Å². The van der Waals surface area contributed by atoms with Gasteiger partial charge in [-0.2, -0.15) is 0 Å². The second-order valence-electron chi connectivity index (χ2n) is 5.05. The lowest BCUT2D eigenvalue weighted by atomic mass is 10.0. The Morgan fingerprint density at radius 1 is 0.929 bits per heavy atom. The van der Waals surface area contributed by atoms with Crippen LogP contribution in [0.1, 0.15) is 32.6 Å². The lowest BCUT2D eigenvalue weighted by Gasteiger charge is -2.12.